The van der Waals surface area contributed by atoms with Crippen LogP contribution in [0.1, 0.15) is 0 Å². The van der Waals surface area contributed by atoms with Crippen LogP contribution in [0.4, 0.5) is 5.69 Å². The number of aromatic nitrogens is 1. The van der Waals surface area contributed by atoms with E-state index in [1.165, 1.54) is 12.1 Å². The number of pyridine rings is 1. The van der Waals surface area contributed by atoms with E-state index in [4.69, 9.17) is 0 Å². The van der Waals surface area contributed by atoms with Crippen molar-refractivity contribution in [1.29, 1.82) is 0 Å². The fourth-order valence-corrected chi connectivity index (χ4v) is 2.01. The van der Waals surface area contributed by atoms with Crippen molar-refractivity contribution in [2.75, 3.05) is 0 Å². The van der Waals surface area contributed by atoms with Gasteiger partial charge in [-0.3, -0.25) is 15.1 Å². The number of fused-ring (bicyclic) bond motifs is 1. The van der Waals surface area contributed by atoms with E-state index >= 15 is 0 Å². The Hall–Kier alpha value is -2.75. The van der Waals surface area contributed by atoms with Gasteiger partial charge < -0.3 is 0 Å². The molecule has 0 saturated heterocycles. The molecule has 2 aromatic carbocycles. The van der Waals surface area contributed by atoms with Gasteiger partial charge in [0.2, 0.25) is 0 Å². The number of hydrogen-bond donors (Lipinski definition) is 0. The zero-order valence-corrected chi connectivity index (χ0v) is 9.98. The van der Waals surface area contributed by atoms with Crippen molar-refractivity contribution in [3.63, 3.8) is 0 Å². The first kappa shape index (κ1) is 11.3. The van der Waals surface area contributed by atoms with Crippen molar-refractivity contribution in [1.82, 2.24) is 4.98 Å². The van der Waals surface area contributed by atoms with E-state index in [1.807, 2.05) is 36.4 Å². The van der Waals surface area contributed by atoms with Gasteiger partial charge in [-0.2, -0.15) is 0 Å². The second-order valence-corrected chi connectivity index (χ2v) is 4.22. The van der Waals surface area contributed by atoms with Crippen LogP contribution in [0.2, 0.25) is 0 Å². The summed E-state index contributed by atoms with van der Waals surface area (Å²) < 4.78 is 0. The van der Waals surface area contributed by atoms with Gasteiger partial charge in [0, 0.05) is 29.3 Å². The molecule has 0 fully saturated rings. The average Bonchev–Trinajstić information content (AvgIpc) is 2.47. The molecule has 1 aromatic heterocycles. The Morgan fingerprint density at radius 3 is 2.47 bits per heavy atom. The van der Waals surface area contributed by atoms with Crippen molar-refractivity contribution in [3.05, 3.63) is 70.9 Å². The smallest absolute Gasteiger partial charge is 0.258 e. The van der Waals surface area contributed by atoms with E-state index in [1.54, 1.807) is 12.3 Å². The molecule has 3 rings (SSSR count). The molecule has 3 aromatic rings. The van der Waals surface area contributed by atoms with Crippen LogP contribution < -0.4 is 0 Å². The summed E-state index contributed by atoms with van der Waals surface area (Å²) in [5.41, 5.74) is 1.98. The summed E-state index contributed by atoms with van der Waals surface area (Å²) in [4.78, 5) is 14.7. The molecule has 0 amide bonds. The highest BCUT2D eigenvalue weighted by atomic mass is 16.6. The zero-order valence-electron chi connectivity index (χ0n) is 9.98. The van der Waals surface area contributed by atoms with Crippen molar-refractivity contribution in [2.45, 2.75) is 0 Å². The maximum Gasteiger partial charge on any atom is 0.270 e. The van der Waals surface area contributed by atoms with Crippen LogP contribution in [0.15, 0.2) is 60.8 Å². The molecule has 4 nitrogen and oxygen atoms in total. The molecule has 0 unspecified atom stereocenters. The summed E-state index contributed by atoms with van der Waals surface area (Å²) in [6, 6.07) is 16.6. The second-order valence-electron chi connectivity index (χ2n) is 4.22. The molecule has 0 bridgehead atoms. The van der Waals surface area contributed by atoms with Crippen molar-refractivity contribution in [3.8, 4) is 11.3 Å². The highest BCUT2D eigenvalue weighted by Gasteiger charge is 2.07. The van der Waals surface area contributed by atoms with Crippen LogP contribution in [-0.4, -0.2) is 9.91 Å². The summed E-state index contributed by atoms with van der Waals surface area (Å²) in [6.45, 7) is 0. The lowest BCUT2D eigenvalue weighted by Gasteiger charge is -2.03. The zero-order chi connectivity index (χ0) is 13.2. The first-order valence-electron chi connectivity index (χ1n) is 5.84. The quantitative estimate of drug-likeness (QED) is 0.513. The van der Waals surface area contributed by atoms with Crippen LogP contribution in [0.5, 0.6) is 0 Å². The van der Waals surface area contributed by atoms with Gasteiger partial charge in [-0.1, -0.05) is 30.3 Å². The second kappa shape index (κ2) is 4.49. The number of benzene rings is 2. The Morgan fingerprint density at radius 1 is 0.947 bits per heavy atom. The summed E-state index contributed by atoms with van der Waals surface area (Å²) >= 11 is 0. The number of nitrogens with zero attached hydrogens (tertiary/aromatic N) is 2. The van der Waals surface area contributed by atoms with E-state index in [0.29, 0.717) is 0 Å². The lowest BCUT2D eigenvalue weighted by molar-refractivity contribution is -0.384. The molecule has 1 heterocycles. The maximum absolute atomic E-state index is 10.7. The van der Waals surface area contributed by atoms with E-state index in [9.17, 15) is 10.1 Å². The molecule has 4 heteroatoms. The SMILES string of the molecule is O=[N+]([O-])c1ccc2cc(-c3ccccc3)ncc2c1. The standard InChI is InChI=1S/C15H10N2O2/c18-17(19)14-7-6-12-9-15(16-10-13(12)8-14)11-4-2-1-3-5-11/h1-10H. The van der Waals surface area contributed by atoms with E-state index < -0.39 is 4.92 Å². The third-order valence-corrected chi connectivity index (χ3v) is 2.99. The minimum atomic E-state index is -0.398. The number of non-ortho nitro benzene ring substituents is 1. The molecule has 0 radical (unpaired) electrons. The summed E-state index contributed by atoms with van der Waals surface area (Å²) in [5, 5.41) is 12.4. The third-order valence-electron chi connectivity index (χ3n) is 2.99. The van der Waals surface area contributed by atoms with Gasteiger partial charge in [0.15, 0.2) is 0 Å². The van der Waals surface area contributed by atoms with Crippen LogP contribution in [-0.2, 0) is 0 Å². The molecule has 19 heavy (non-hydrogen) atoms. The molecule has 0 aliphatic rings. The molecule has 0 aliphatic carbocycles. The van der Waals surface area contributed by atoms with Gasteiger partial charge in [-0.15, -0.1) is 0 Å². The van der Waals surface area contributed by atoms with Crippen LogP contribution in [0.25, 0.3) is 22.0 Å². The van der Waals surface area contributed by atoms with E-state index in [0.717, 1.165) is 22.0 Å². The molecule has 0 atom stereocenters. The first-order chi connectivity index (χ1) is 9.24. The van der Waals surface area contributed by atoms with E-state index in [2.05, 4.69) is 4.98 Å². The van der Waals surface area contributed by atoms with Crippen molar-refractivity contribution < 1.29 is 4.92 Å². The molecule has 92 valence electrons. The number of nitro groups is 1. The molecular weight excluding hydrogens is 240 g/mol. The van der Waals surface area contributed by atoms with Crippen LogP contribution in [0.3, 0.4) is 0 Å². The molecular formula is C15H10N2O2. The van der Waals surface area contributed by atoms with Crippen LogP contribution in [0, 0.1) is 10.1 Å². The summed E-state index contributed by atoms with van der Waals surface area (Å²) in [6.07, 6.45) is 1.67. The van der Waals surface area contributed by atoms with Gasteiger partial charge >= 0.3 is 0 Å². The average molecular weight is 250 g/mol. The highest BCUT2D eigenvalue weighted by molar-refractivity contribution is 5.86. The Morgan fingerprint density at radius 2 is 1.74 bits per heavy atom. The van der Waals surface area contributed by atoms with Crippen molar-refractivity contribution in [2.24, 2.45) is 0 Å². The lowest BCUT2D eigenvalue weighted by Crippen LogP contribution is -1.88. The van der Waals surface area contributed by atoms with Crippen LogP contribution >= 0.6 is 0 Å². The Balaban J connectivity index is 2.12. The molecule has 0 saturated carbocycles. The molecule has 0 aliphatic heterocycles. The maximum atomic E-state index is 10.7. The van der Waals surface area contributed by atoms with Gasteiger partial charge in [-0.05, 0) is 17.5 Å². The van der Waals surface area contributed by atoms with Crippen molar-refractivity contribution >= 4 is 16.5 Å². The number of rotatable bonds is 2. The third kappa shape index (κ3) is 2.15. The summed E-state index contributed by atoms with van der Waals surface area (Å²) in [7, 11) is 0. The number of nitro benzene ring substituents is 1. The van der Waals surface area contributed by atoms with Gasteiger partial charge in [-0.25, -0.2) is 0 Å². The topological polar surface area (TPSA) is 56.0 Å². The number of hydrogen-bond acceptors (Lipinski definition) is 3. The minimum absolute atomic E-state index is 0.0850. The predicted octanol–water partition coefficient (Wildman–Crippen LogP) is 3.81. The Bertz CT molecular complexity index is 754. The Kier molecular flexibility index (Phi) is 2.68. The fourth-order valence-electron chi connectivity index (χ4n) is 2.01. The summed E-state index contributed by atoms with van der Waals surface area (Å²) in [5.74, 6) is 0. The van der Waals surface area contributed by atoms with Gasteiger partial charge in [0.1, 0.15) is 0 Å². The molecule has 0 spiro atoms. The monoisotopic (exact) mass is 250 g/mol. The lowest BCUT2D eigenvalue weighted by atomic mass is 10.1. The largest absolute Gasteiger partial charge is 0.270 e. The Labute approximate surface area is 109 Å². The van der Waals surface area contributed by atoms with Gasteiger partial charge in [0.25, 0.3) is 5.69 Å². The minimum Gasteiger partial charge on any atom is -0.258 e. The highest BCUT2D eigenvalue weighted by Crippen LogP contribution is 2.24. The van der Waals surface area contributed by atoms with Gasteiger partial charge in [0.05, 0.1) is 10.6 Å². The van der Waals surface area contributed by atoms with E-state index in [-0.39, 0.29) is 5.69 Å². The first-order valence-corrected chi connectivity index (χ1v) is 5.84. The predicted molar refractivity (Wildman–Crippen MR) is 73.8 cm³/mol. The molecule has 0 N–H and O–H groups in total. The normalized spacial score (nSPS) is 10.5. The fraction of sp³-hybridized carbons (Fsp3) is 0.